The fourth-order valence-electron chi connectivity index (χ4n) is 2.97. The molecule has 2 aliphatic heterocycles. The summed E-state index contributed by atoms with van der Waals surface area (Å²) >= 11 is 0. The minimum absolute atomic E-state index is 0.0503. The molecule has 10 nitrogen and oxygen atoms in total. The summed E-state index contributed by atoms with van der Waals surface area (Å²) in [4.78, 5) is 3.90. The first kappa shape index (κ1) is 17.8. The molecule has 2 saturated heterocycles. The van der Waals surface area contributed by atoms with Gasteiger partial charge in [-0.25, -0.2) is 13.4 Å². The van der Waals surface area contributed by atoms with Crippen LogP contribution >= 0.6 is 0 Å². The molecule has 0 aliphatic carbocycles. The first-order valence-electron chi connectivity index (χ1n) is 7.43. The lowest BCUT2D eigenvalue weighted by Crippen LogP contribution is -2.55. The molecule has 24 heavy (non-hydrogen) atoms. The van der Waals surface area contributed by atoms with E-state index >= 15 is 0 Å². The molecular formula is C12H21N5O5S2. The van der Waals surface area contributed by atoms with Crippen LogP contribution in [0.25, 0.3) is 0 Å². The molecule has 0 bridgehead atoms. The van der Waals surface area contributed by atoms with Crippen molar-refractivity contribution in [2.24, 2.45) is 7.05 Å². The second kappa shape index (κ2) is 6.04. The number of ether oxygens (including phenoxy) is 1. The van der Waals surface area contributed by atoms with E-state index in [0.717, 1.165) is 4.31 Å². The zero-order valence-electron chi connectivity index (χ0n) is 13.7. The number of morpholine rings is 1. The summed E-state index contributed by atoms with van der Waals surface area (Å²) in [6.07, 6.45) is 2.36. The molecule has 0 aromatic carbocycles. The van der Waals surface area contributed by atoms with Crippen LogP contribution in [0.3, 0.4) is 0 Å². The lowest BCUT2D eigenvalue weighted by atomic mass is 10.2. The van der Waals surface area contributed by atoms with Crippen molar-refractivity contribution in [3.05, 3.63) is 12.5 Å². The van der Waals surface area contributed by atoms with E-state index in [0.29, 0.717) is 0 Å². The molecule has 1 aromatic heterocycles. The number of hydrogen-bond acceptors (Lipinski definition) is 6. The Morgan fingerprint density at radius 2 is 1.96 bits per heavy atom. The van der Waals surface area contributed by atoms with Gasteiger partial charge in [0.05, 0.1) is 25.1 Å². The SMILES string of the molecule is CN(C)S(=O)(=O)N1CCO[C@H]2CN(S(=O)(=O)c3cn(C)cn3)C[C@H]21. The second-order valence-corrected chi connectivity index (χ2v) is 10.1. The van der Waals surface area contributed by atoms with Crippen LogP contribution < -0.4 is 0 Å². The van der Waals surface area contributed by atoms with Gasteiger partial charge in [0.2, 0.25) is 0 Å². The van der Waals surface area contributed by atoms with Crippen molar-refractivity contribution in [3.8, 4) is 0 Å². The van der Waals surface area contributed by atoms with Gasteiger partial charge in [-0.05, 0) is 0 Å². The molecule has 2 atom stereocenters. The molecule has 3 rings (SSSR count). The largest absolute Gasteiger partial charge is 0.374 e. The normalized spacial score (nSPS) is 26.8. The molecule has 1 aromatic rings. The van der Waals surface area contributed by atoms with Crippen LogP contribution in [-0.2, 0) is 32.0 Å². The average Bonchev–Trinajstić information content (AvgIpc) is 3.12. The number of aryl methyl sites for hydroxylation is 1. The predicted molar refractivity (Wildman–Crippen MR) is 84.8 cm³/mol. The fraction of sp³-hybridized carbons (Fsp3) is 0.750. The molecule has 2 aliphatic rings. The Labute approximate surface area is 141 Å². The number of hydrogen-bond donors (Lipinski definition) is 0. The Bertz CT molecular complexity index is 819. The third-order valence-corrected chi connectivity index (χ3v) is 7.95. The van der Waals surface area contributed by atoms with Gasteiger partial charge < -0.3 is 9.30 Å². The molecule has 0 spiro atoms. The van der Waals surface area contributed by atoms with Gasteiger partial charge in [0.25, 0.3) is 20.2 Å². The quantitative estimate of drug-likeness (QED) is 0.618. The Morgan fingerprint density at radius 3 is 2.54 bits per heavy atom. The van der Waals surface area contributed by atoms with Crippen LogP contribution in [0.4, 0.5) is 0 Å². The molecule has 0 unspecified atom stereocenters. The van der Waals surface area contributed by atoms with Gasteiger partial charge in [0, 0.05) is 47.0 Å². The molecule has 136 valence electrons. The monoisotopic (exact) mass is 379 g/mol. The lowest BCUT2D eigenvalue weighted by Gasteiger charge is -2.37. The maximum absolute atomic E-state index is 12.7. The third-order valence-electron chi connectivity index (χ3n) is 4.26. The highest BCUT2D eigenvalue weighted by Crippen LogP contribution is 2.29. The molecule has 2 fully saturated rings. The Balaban J connectivity index is 1.87. The van der Waals surface area contributed by atoms with Gasteiger partial charge in [0.15, 0.2) is 5.03 Å². The topological polar surface area (TPSA) is 105 Å². The Morgan fingerprint density at radius 1 is 1.25 bits per heavy atom. The van der Waals surface area contributed by atoms with Gasteiger partial charge in [0.1, 0.15) is 0 Å². The fourth-order valence-corrected chi connectivity index (χ4v) is 5.68. The molecule has 0 amide bonds. The van der Waals surface area contributed by atoms with E-state index in [1.54, 1.807) is 11.6 Å². The van der Waals surface area contributed by atoms with E-state index in [9.17, 15) is 16.8 Å². The van der Waals surface area contributed by atoms with E-state index in [-0.39, 0.29) is 31.3 Å². The molecule has 0 radical (unpaired) electrons. The number of aromatic nitrogens is 2. The number of sulfonamides is 1. The summed E-state index contributed by atoms with van der Waals surface area (Å²) in [5.41, 5.74) is 0. The van der Waals surface area contributed by atoms with E-state index in [2.05, 4.69) is 4.98 Å². The van der Waals surface area contributed by atoms with Crippen molar-refractivity contribution in [1.29, 1.82) is 0 Å². The maximum Gasteiger partial charge on any atom is 0.281 e. The van der Waals surface area contributed by atoms with E-state index < -0.39 is 32.4 Å². The zero-order chi connectivity index (χ0) is 17.7. The number of imidazole rings is 1. The minimum atomic E-state index is -3.78. The molecular weight excluding hydrogens is 358 g/mol. The van der Waals surface area contributed by atoms with Crippen molar-refractivity contribution in [3.63, 3.8) is 0 Å². The lowest BCUT2D eigenvalue weighted by molar-refractivity contribution is -0.0169. The maximum atomic E-state index is 12.7. The van der Waals surface area contributed by atoms with Crippen molar-refractivity contribution in [1.82, 2.24) is 22.5 Å². The van der Waals surface area contributed by atoms with Crippen molar-refractivity contribution < 1.29 is 21.6 Å². The highest BCUT2D eigenvalue weighted by molar-refractivity contribution is 7.89. The Hall–Kier alpha value is -1.05. The molecule has 12 heteroatoms. The summed E-state index contributed by atoms with van der Waals surface area (Å²) in [6, 6.07) is -0.537. The highest BCUT2D eigenvalue weighted by atomic mass is 32.2. The number of rotatable bonds is 4. The van der Waals surface area contributed by atoms with Crippen molar-refractivity contribution in [2.75, 3.05) is 40.3 Å². The first-order valence-corrected chi connectivity index (χ1v) is 10.3. The smallest absolute Gasteiger partial charge is 0.281 e. The Kier molecular flexibility index (Phi) is 4.47. The van der Waals surface area contributed by atoms with Crippen molar-refractivity contribution in [2.45, 2.75) is 17.2 Å². The predicted octanol–water partition coefficient (Wildman–Crippen LogP) is -1.70. The van der Waals surface area contributed by atoms with Gasteiger partial charge >= 0.3 is 0 Å². The van der Waals surface area contributed by atoms with E-state index in [4.69, 9.17) is 4.74 Å². The minimum Gasteiger partial charge on any atom is -0.374 e. The number of nitrogens with zero attached hydrogens (tertiary/aromatic N) is 5. The van der Waals surface area contributed by atoms with Gasteiger partial charge in [-0.3, -0.25) is 0 Å². The van der Waals surface area contributed by atoms with Gasteiger partial charge in [-0.1, -0.05) is 0 Å². The molecule has 0 N–H and O–H groups in total. The van der Waals surface area contributed by atoms with Crippen LogP contribution in [0, 0.1) is 0 Å². The highest BCUT2D eigenvalue weighted by Gasteiger charge is 2.48. The summed E-state index contributed by atoms with van der Waals surface area (Å²) in [7, 11) is -2.82. The summed E-state index contributed by atoms with van der Waals surface area (Å²) in [5, 5.41) is -0.0503. The zero-order valence-corrected chi connectivity index (χ0v) is 15.4. The second-order valence-electron chi connectivity index (χ2n) is 6.08. The summed E-state index contributed by atoms with van der Waals surface area (Å²) in [6.45, 7) is 0.616. The van der Waals surface area contributed by atoms with Crippen LogP contribution in [0.15, 0.2) is 17.6 Å². The molecule has 3 heterocycles. The first-order chi connectivity index (χ1) is 11.1. The summed E-state index contributed by atoms with van der Waals surface area (Å²) in [5.74, 6) is 0. The van der Waals surface area contributed by atoms with Gasteiger partial charge in [-0.2, -0.15) is 21.3 Å². The van der Waals surface area contributed by atoms with Crippen LogP contribution in [0.5, 0.6) is 0 Å². The summed E-state index contributed by atoms with van der Waals surface area (Å²) < 4.78 is 61.2. The third kappa shape index (κ3) is 2.86. The van der Waals surface area contributed by atoms with E-state index in [1.807, 2.05) is 0 Å². The van der Waals surface area contributed by atoms with Gasteiger partial charge in [-0.15, -0.1) is 0 Å². The average molecular weight is 379 g/mol. The standard InChI is InChI=1S/C12H21N5O5S2/c1-14(2)24(20,21)17-4-5-22-11-7-16(6-10(11)17)23(18,19)12-8-15(3)9-13-12/h8-11H,4-7H2,1-3H3/t10-,11+/m1/s1. The molecule has 0 saturated carbocycles. The van der Waals surface area contributed by atoms with Crippen molar-refractivity contribution >= 4 is 20.2 Å². The van der Waals surface area contributed by atoms with E-state index in [1.165, 1.54) is 35.2 Å². The van der Waals surface area contributed by atoms with Crippen LogP contribution in [-0.4, -0.2) is 91.8 Å². The number of fused-ring (bicyclic) bond motifs is 1. The van der Waals surface area contributed by atoms with Crippen LogP contribution in [0.1, 0.15) is 0 Å². The van der Waals surface area contributed by atoms with Crippen LogP contribution in [0.2, 0.25) is 0 Å².